The number of rotatable bonds is 2. The van der Waals surface area contributed by atoms with Gasteiger partial charge in [0.25, 0.3) is 0 Å². The largest absolute Gasteiger partial charge is 0.448 e. The lowest BCUT2D eigenvalue weighted by Gasteiger charge is -2.11. The van der Waals surface area contributed by atoms with Crippen molar-refractivity contribution in [2.45, 2.75) is 6.54 Å². The molecule has 4 nitrogen and oxygen atoms in total. The molecule has 0 N–H and O–H groups in total. The minimum atomic E-state index is -0.245. The first-order valence-electron chi connectivity index (χ1n) is 4.27. The van der Waals surface area contributed by atoms with Crippen LogP contribution in [0.25, 0.3) is 0 Å². The SMILES string of the molecule is O=C1OCCN1Cc1cncc(Br)c1. The first-order valence-corrected chi connectivity index (χ1v) is 5.06. The molecular formula is C9H9BrN2O2. The average molecular weight is 257 g/mol. The van der Waals surface area contributed by atoms with Crippen molar-refractivity contribution >= 4 is 22.0 Å². The minimum Gasteiger partial charge on any atom is -0.448 e. The molecule has 0 aliphatic carbocycles. The zero-order chi connectivity index (χ0) is 9.97. The lowest BCUT2D eigenvalue weighted by molar-refractivity contribution is 0.157. The van der Waals surface area contributed by atoms with Gasteiger partial charge in [0.05, 0.1) is 13.1 Å². The number of aromatic nitrogens is 1. The van der Waals surface area contributed by atoms with E-state index >= 15 is 0 Å². The summed E-state index contributed by atoms with van der Waals surface area (Å²) in [6.07, 6.45) is 3.22. The lowest BCUT2D eigenvalue weighted by atomic mass is 10.3. The Balaban J connectivity index is 2.07. The van der Waals surface area contributed by atoms with Crippen molar-refractivity contribution in [2.24, 2.45) is 0 Å². The summed E-state index contributed by atoms with van der Waals surface area (Å²) in [6, 6.07) is 1.94. The van der Waals surface area contributed by atoms with Gasteiger partial charge in [0.15, 0.2) is 0 Å². The summed E-state index contributed by atoms with van der Waals surface area (Å²) in [7, 11) is 0. The van der Waals surface area contributed by atoms with Gasteiger partial charge in [-0.15, -0.1) is 0 Å². The van der Waals surface area contributed by atoms with Crippen LogP contribution in [0.5, 0.6) is 0 Å². The van der Waals surface area contributed by atoms with Crippen molar-refractivity contribution in [3.05, 3.63) is 28.5 Å². The molecule has 1 aromatic rings. The number of cyclic esters (lactones) is 1. The highest BCUT2D eigenvalue weighted by atomic mass is 79.9. The van der Waals surface area contributed by atoms with E-state index in [1.807, 2.05) is 6.07 Å². The van der Waals surface area contributed by atoms with E-state index < -0.39 is 0 Å². The molecule has 0 aromatic carbocycles. The molecule has 1 amide bonds. The first kappa shape index (κ1) is 9.45. The molecule has 0 bridgehead atoms. The van der Waals surface area contributed by atoms with Crippen molar-refractivity contribution in [2.75, 3.05) is 13.2 Å². The van der Waals surface area contributed by atoms with Gasteiger partial charge in [-0.2, -0.15) is 0 Å². The van der Waals surface area contributed by atoms with Crippen molar-refractivity contribution in [1.29, 1.82) is 0 Å². The Morgan fingerprint density at radius 2 is 2.43 bits per heavy atom. The summed E-state index contributed by atoms with van der Waals surface area (Å²) in [5.74, 6) is 0. The summed E-state index contributed by atoms with van der Waals surface area (Å²) in [4.78, 5) is 16.8. The van der Waals surface area contributed by atoms with E-state index in [4.69, 9.17) is 4.74 Å². The molecule has 1 saturated heterocycles. The summed E-state index contributed by atoms with van der Waals surface area (Å²) < 4.78 is 5.74. The van der Waals surface area contributed by atoms with Gasteiger partial charge < -0.3 is 9.64 Å². The monoisotopic (exact) mass is 256 g/mol. The smallest absolute Gasteiger partial charge is 0.410 e. The van der Waals surface area contributed by atoms with Crippen LogP contribution in [0.15, 0.2) is 22.9 Å². The fourth-order valence-corrected chi connectivity index (χ4v) is 1.74. The number of carbonyl (C=O) groups is 1. The number of hydrogen-bond acceptors (Lipinski definition) is 3. The van der Waals surface area contributed by atoms with Gasteiger partial charge in [-0.3, -0.25) is 4.98 Å². The molecule has 2 heterocycles. The molecule has 0 unspecified atom stereocenters. The molecule has 5 heteroatoms. The maximum absolute atomic E-state index is 11.1. The molecule has 0 radical (unpaired) electrons. The van der Waals surface area contributed by atoms with Crippen LogP contribution in [0.4, 0.5) is 4.79 Å². The zero-order valence-corrected chi connectivity index (χ0v) is 9.03. The zero-order valence-electron chi connectivity index (χ0n) is 7.44. The number of amides is 1. The maximum Gasteiger partial charge on any atom is 0.410 e. The Bertz CT molecular complexity index is 356. The predicted octanol–water partition coefficient (Wildman–Crippen LogP) is 1.80. The number of ether oxygens (including phenoxy) is 1. The lowest BCUT2D eigenvalue weighted by Crippen LogP contribution is -2.23. The molecule has 74 valence electrons. The number of carbonyl (C=O) groups excluding carboxylic acids is 1. The molecule has 0 saturated carbocycles. The van der Waals surface area contributed by atoms with Crippen LogP contribution in [-0.4, -0.2) is 29.1 Å². The van der Waals surface area contributed by atoms with E-state index in [1.54, 1.807) is 17.3 Å². The van der Waals surface area contributed by atoms with Crippen LogP contribution in [0.3, 0.4) is 0 Å². The van der Waals surface area contributed by atoms with Gasteiger partial charge in [-0.1, -0.05) is 0 Å². The Kier molecular flexibility index (Phi) is 2.67. The van der Waals surface area contributed by atoms with Crippen LogP contribution in [0, 0.1) is 0 Å². The molecule has 1 aliphatic rings. The van der Waals surface area contributed by atoms with Crippen LogP contribution >= 0.6 is 15.9 Å². The van der Waals surface area contributed by atoms with Crippen LogP contribution in [-0.2, 0) is 11.3 Å². The topological polar surface area (TPSA) is 42.4 Å². The quantitative estimate of drug-likeness (QED) is 0.811. The fraction of sp³-hybridized carbons (Fsp3) is 0.333. The Morgan fingerprint density at radius 1 is 1.57 bits per heavy atom. The number of halogens is 1. The van der Waals surface area contributed by atoms with Gasteiger partial charge in [0.2, 0.25) is 0 Å². The molecular weight excluding hydrogens is 248 g/mol. The van der Waals surface area contributed by atoms with E-state index in [-0.39, 0.29) is 6.09 Å². The Hall–Kier alpha value is -1.10. The highest BCUT2D eigenvalue weighted by Gasteiger charge is 2.21. The Labute approximate surface area is 90.0 Å². The summed E-state index contributed by atoms with van der Waals surface area (Å²) in [5, 5.41) is 0. The molecule has 0 spiro atoms. The third kappa shape index (κ3) is 2.04. The van der Waals surface area contributed by atoms with E-state index in [0.717, 1.165) is 10.0 Å². The number of pyridine rings is 1. The molecule has 14 heavy (non-hydrogen) atoms. The average Bonchev–Trinajstić information content (AvgIpc) is 2.52. The summed E-state index contributed by atoms with van der Waals surface area (Å²) in [5.41, 5.74) is 0.998. The third-order valence-corrected chi connectivity index (χ3v) is 2.41. The van der Waals surface area contributed by atoms with Gasteiger partial charge in [0.1, 0.15) is 6.61 Å². The molecule has 0 atom stereocenters. The second kappa shape index (κ2) is 3.96. The second-order valence-corrected chi connectivity index (χ2v) is 3.96. The minimum absolute atomic E-state index is 0.245. The fourth-order valence-electron chi connectivity index (χ4n) is 1.33. The standard InChI is InChI=1S/C9H9BrN2O2/c10-8-3-7(4-11-5-8)6-12-1-2-14-9(12)13/h3-5H,1-2,6H2. The van der Waals surface area contributed by atoms with Crippen LogP contribution < -0.4 is 0 Å². The van der Waals surface area contributed by atoms with Gasteiger partial charge in [0, 0.05) is 16.9 Å². The van der Waals surface area contributed by atoms with Crippen LogP contribution in [0.2, 0.25) is 0 Å². The van der Waals surface area contributed by atoms with Gasteiger partial charge >= 0.3 is 6.09 Å². The van der Waals surface area contributed by atoms with Crippen LogP contribution in [0.1, 0.15) is 5.56 Å². The van der Waals surface area contributed by atoms with Crippen molar-refractivity contribution in [3.8, 4) is 0 Å². The van der Waals surface area contributed by atoms with E-state index in [1.165, 1.54) is 0 Å². The highest BCUT2D eigenvalue weighted by Crippen LogP contribution is 2.13. The van der Waals surface area contributed by atoms with E-state index in [9.17, 15) is 4.79 Å². The highest BCUT2D eigenvalue weighted by molar-refractivity contribution is 9.10. The maximum atomic E-state index is 11.1. The molecule has 2 rings (SSSR count). The van der Waals surface area contributed by atoms with E-state index in [2.05, 4.69) is 20.9 Å². The third-order valence-electron chi connectivity index (χ3n) is 1.98. The summed E-state index contributed by atoms with van der Waals surface area (Å²) >= 11 is 3.33. The predicted molar refractivity (Wildman–Crippen MR) is 53.7 cm³/mol. The number of nitrogens with zero attached hydrogens (tertiary/aromatic N) is 2. The van der Waals surface area contributed by atoms with Gasteiger partial charge in [-0.05, 0) is 27.6 Å². The van der Waals surface area contributed by atoms with Crippen molar-refractivity contribution in [1.82, 2.24) is 9.88 Å². The van der Waals surface area contributed by atoms with Gasteiger partial charge in [-0.25, -0.2) is 4.79 Å². The molecule has 1 aliphatic heterocycles. The summed E-state index contributed by atoms with van der Waals surface area (Å²) in [6.45, 7) is 1.71. The van der Waals surface area contributed by atoms with E-state index in [0.29, 0.717) is 19.7 Å². The normalized spacial score (nSPS) is 15.8. The molecule has 1 aromatic heterocycles. The Morgan fingerprint density at radius 3 is 3.07 bits per heavy atom. The second-order valence-electron chi connectivity index (χ2n) is 3.05. The first-order chi connectivity index (χ1) is 6.75. The van der Waals surface area contributed by atoms with Crippen molar-refractivity contribution in [3.63, 3.8) is 0 Å². The number of hydrogen-bond donors (Lipinski definition) is 0. The van der Waals surface area contributed by atoms with Crippen molar-refractivity contribution < 1.29 is 9.53 Å². The molecule has 1 fully saturated rings.